The van der Waals surface area contributed by atoms with Gasteiger partial charge in [-0.1, -0.05) is 128 Å². The fourth-order valence-corrected chi connectivity index (χ4v) is 8.45. The summed E-state index contributed by atoms with van der Waals surface area (Å²) in [6.45, 7) is 10.9. The molecule has 0 heterocycles. The van der Waals surface area contributed by atoms with Crippen molar-refractivity contribution < 1.29 is 32.9 Å². The normalized spacial score (nSPS) is 13.3. The average Bonchev–Trinajstić information content (AvgIpc) is 3.18. The molecular weight excluding hydrogens is 757 g/mol. The molecule has 0 radical (unpaired) electrons. The van der Waals surface area contributed by atoms with Crippen LogP contribution in [-0.4, -0.2) is 92.8 Å². The first-order valence-electron chi connectivity index (χ1n) is 25.8. The third-order valence-corrected chi connectivity index (χ3v) is 12.4. The molecule has 0 aliphatic rings. The van der Waals surface area contributed by atoms with E-state index in [1.807, 2.05) is 0 Å². The van der Waals surface area contributed by atoms with Gasteiger partial charge in [-0.2, -0.15) is 0 Å². The summed E-state index contributed by atoms with van der Waals surface area (Å²) in [5, 5.41) is 0. The largest absolute Gasteiger partial charge is 0.458 e. The zero-order valence-electron chi connectivity index (χ0n) is 41.9. The minimum atomic E-state index is -0.0758. The van der Waals surface area contributed by atoms with E-state index in [9.17, 15) is 19.2 Å². The second-order valence-corrected chi connectivity index (χ2v) is 20.2. The van der Waals surface area contributed by atoms with Gasteiger partial charge in [0.25, 0.3) is 0 Å². The number of nitrogens with zero attached hydrogens (tertiary/aromatic N) is 2. The Kier molecular flexibility index (Phi) is 38.1. The van der Waals surface area contributed by atoms with Gasteiger partial charge in [-0.05, 0) is 110 Å². The summed E-state index contributed by atoms with van der Waals surface area (Å²) in [5.74, 6) is 1.54. The first-order valence-corrected chi connectivity index (χ1v) is 25.8. The zero-order chi connectivity index (χ0) is 45.5. The number of hydrogen-bond acceptors (Lipinski definition) is 5. The molecule has 0 aromatic carbocycles. The number of carbonyl (C=O) groups excluding carboxylic acids is 4. The predicted octanol–water partition coefficient (Wildman–Crippen LogP) is 14.0. The lowest BCUT2D eigenvalue weighted by Gasteiger charge is -2.30. The van der Waals surface area contributed by atoms with Crippen LogP contribution in [0.2, 0.25) is 0 Å². The maximum Gasteiger partial charge on any atom is 0.362 e. The highest BCUT2D eigenvalue weighted by Crippen LogP contribution is 2.22. The van der Waals surface area contributed by atoms with Gasteiger partial charge in [-0.15, -0.1) is 0 Å². The van der Waals surface area contributed by atoms with Crippen molar-refractivity contribution in [2.45, 2.75) is 239 Å². The Bertz CT molecular complexity index is 1160. The number of allylic oxidation sites excluding steroid dienone is 3. The Morgan fingerprint density at radius 3 is 1.43 bits per heavy atom. The molecule has 0 saturated carbocycles. The second-order valence-electron chi connectivity index (χ2n) is 20.2. The van der Waals surface area contributed by atoms with Gasteiger partial charge in [0.15, 0.2) is 12.3 Å². The Morgan fingerprint density at radius 2 is 0.902 bits per heavy atom. The fraction of sp³-hybridized carbons (Fsp3) is 0.852. The van der Waals surface area contributed by atoms with Crippen LogP contribution in [0, 0.1) is 5.92 Å². The first-order chi connectivity index (χ1) is 29.2. The van der Waals surface area contributed by atoms with Gasteiger partial charge in [0.05, 0.1) is 41.3 Å². The molecule has 0 rings (SSSR count). The molecular formula is C54H102N2O5+2. The van der Waals surface area contributed by atoms with E-state index in [1.54, 1.807) is 13.8 Å². The SMILES string of the molecule is CCCCCCC(C/C=C/CCCCCCCC(C)=O)CCC(=O)C[N+](C)(C)CCCCCC[N+](C)(C)CC(=O)OC(C/C=C/CCCCCCCC(C)=O)CCCCCC. The van der Waals surface area contributed by atoms with E-state index >= 15 is 0 Å². The van der Waals surface area contributed by atoms with Gasteiger partial charge in [-0.3, -0.25) is 4.79 Å². The molecule has 2 atom stereocenters. The van der Waals surface area contributed by atoms with Crippen LogP contribution in [-0.2, 0) is 23.9 Å². The number of likely N-dealkylation sites (N-methyl/N-ethyl adjacent to an activating group) is 2. The number of esters is 1. The maximum atomic E-state index is 13.2. The molecule has 0 aromatic heterocycles. The summed E-state index contributed by atoms with van der Waals surface area (Å²) in [5.41, 5.74) is 0. The molecule has 0 fully saturated rings. The van der Waals surface area contributed by atoms with Gasteiger partial charge < -0.3 is 23.3 Å². The number of hydrogen-bond donors (Lipinski definition) is 0. The summed E-state index contributed by atoms with van der Waals surface area (Å²) < 4.78 is 7.52. The van der Waals surface area contributed by atoms with Gasteiger partial charge in [0.2, 0.25) is 0 Å². The number of Topliss-reactive ketones (excluding diaryl/α,β-unsaturated/α-hetero) is 3. The van der Waals surface area contributed by atoms with E-state index in [-0.39, 0.29) is 12.1 Å². The maximum absolute atomic E-state index is 13.2. The van der Waals surface area contributed by atoms with Gasteiger partial charge in [-0.25, -0.2) is 4.79 Å². The number of unbranched alkanes of at least 4 members (excludes halogenated alkanes) is 19. The van der Waals surface area contributed by atoms with Gasteiger partial charge in [0.1, 0.15) is 24.2 Å². The van der Waals surface area contributed by atoms with Gasteiger partial charge >= 0.3 is 5.97 Å². The van der Waals surface area contributed by atoms with Crippen molar-refractivity contribution in [3.63, 3.8) is 0 Å². The summed E-state index contributed by atoms with van der Waals surface area (Å²) in [6.07, 6.45) is 44.6. The van der Waals surface area contributed by atoms with Crippen LogP contribution in [0.25, 0.3) is 0 Å². The van der Waals surface area contributed by atoms with Crippen LogP contribution >= 0.6 is 0 Å². The molecule has 0 N–H and O–H groups in total. The van der Waals surface area contributed by atoms with Crippen molar-refractivity contribution in [3.05, 3.63) is 24.3 Å². The standard InChI is InChI=1S/C54H102N2O5/c1-9-11-13-31-39-51(40-32-25-21-17-15-19-23-29-37-49(3)57)43-44-52(59)47-55(5,6)45-35-27-28-36-46-56(7,8)48-54(60)61-53(41-33-14-12-10-2)42-34-26-22-18-16-20-24-30-38-50(4)58/h25-26,32,34,51,53H,9-24,27-31,33,35-48H2,1-8H3/q+2/b32-25+,34-26+. The van der Waals surface area contributed by atoms with Crippen LogP contribution in [0.4, 0.5) is 0 Å². The van der Waals surface area contributed by atoms with E-state index in [1.165, 1.54) is 96.3 Å². The highest BCUT2D eigenvalue weighted by Gasteiger charge is 2.24. The number of rotatable bonds is 45. The van der Waals surface area contributed by atoms with E-state index in [0.717, 1.165) is 114 Å². The minimum absolute atomic E-state index is 0.0402. The topological polar surface area (TPSA) is 77.5 Å². The molecule has 0 amide bonds. The van der Waals surface area contributed by atoms with E-state index in [2.05, 4.69) is 66.3 Å². The highest BCUT2D eigenvalue weighted by atomic mass is 16.5. The van der Waals surface area contributed by atoms with Crippen molar-refractivity contribution in [1.29, 1.82) is 0 Å². The lowest BCUT2D eigenvalue weighted by molar-refractivity contribution is -0.883. The molecule has 0 saturated heterocycles. The smallest absolute Gasteiger partial charge is 0.362 e. The van der Waals surface area contributed by atoms with E-state index in [0.29, 0.717) is 53.7 Å². The van der Waals surface area contributed by atoms with Crippen LogP contribution < -0.4 is 0 Å². The van der Waals surface area contributed by atoms with Crippen molar-refractivity contribution in [2.75, 3.05) is 54.4 Å². The zero-order valence-corrected chi connectivity index (χ0v) is 41.9. The number of ether oxygens (including phenoxy) is 1. The second kappa shape index (κ2) is 39.5. The molecule has 7 nitrogen and oxygen atoms in total. The first kappa shape index (κ1) is 58.9. The minimum Gasteiger partial charge on any atom is -0.458 e. The van der Waals surface area contributed by atoms with E-state index in [4.69, 9.17) is 4.74 Å². The van der Waals surface area contributed by atoms with Crippen LogP contribution in [0.15, 0.2) is 24.3 Å². The Morgan fingerprint density at radius 1 is 0.459 bits per heavy atom. The molecule has 356 valence electrons. The third kappa shape index (κ3) is 41.6. The average molecular weight is 859 g/mol. The molecule has 0 spiro atoms. The number of quaternary nitrogens is 2. The summed E-state index contributed by atoms with van der Waals surface area (Å²) in [4.78, 5) is 48.6. The van der Waals surface area contributed by atoms with Crippen LogP contribution in [0.5, 0.6) is 0 Å². The summed E-state index contributed by atoms with van der Waals surface area (Å²) in [7, 11) is 8.73. The van der Waals surface area contributed by atoms with Gasteiger partial charge in [0, 0.05) is 25.7 Å². The lowest BCUT2D eigenvalue weighted by atomic mass is 9.91. The molecule has 0 aliphatic carbocycles. The molecule has 0 aliphatic heterocycles. The molecule has 2 unspecified atom stereocenters. The molecule has 61 heavy (non-hydrogen) atoms. The van der Waals surface area contributed by atoms with Crippen molar-refractivity contribution in [2.24, 2.45) is 5.92 Å². The molecule has 7 heteroatoms. The third-order valence-electron chi connectivity index (χ3n) is 12.4. The molecule has 0 aromatic rings. The number of carbonyl (C=O) groups is 4. The Balaban J connectivity index is 4.56. The lowest BCUT2D eigenvalue weighted by Crippen LogP contribution is -2.45. The highest BCUT2D eigenvalue weighted by molar-refractivity contribution is 5.79. The predicted molar refractivity (Wildman–Crippen MR) is 261 cm³/mol. The quantitative estimate of drug-likeness (QED) is 0.0264. The summed E-state index contributed by atoms with van der Waals surface area (Å²) in [6, 6.07) is 0. The fourth-order valence-electron chi connectivity index (χ4n) is 8.45. The van der Waals surface area contributed by atoms with Crippen molar-refractivity contribution in [1.82, 2.24) is 0 Å². The van der Waals surface area contributed by atoms with Crippen molar-refractivity contribution in [3.8, 4) is 0 Å². The monoisotopic (exact) mass is 859 g/mol. The summed E-state index contributed by atoms with van der Waals surface area (Å²) >= 11 is 0. The van der Waals surface area contributed by atoms with Crippen molar-refractivity contribution >= 4 is 23.3 Å². The Labute approximate surface area is 378 Å². The van der Waals surface area contributed by atoms with Crippen LogP contribution in [0.3, 0.4) is 0 Å². The Hall–Kier alpha value is -2.12. The molecule has 0 bridgehead atoms. The number of ketones is 3. The van der Waals surface area contributed by atoms with E-state index < -0.39 is 0 Å². The van der Waals surface area contributed by atoms with Crippen LogP contribution in [0.1, 0.15) is 233 Å².